The summed E-state index contributed by atoms with van der Waals surface area (Å²) in [6.07, 6.45) is 3.62. The predicted octanol–water partition coefficient (Wildman–Crippen LogP) is 6.08. The molecule has 0 aliphatic carbocycles. The number of allylic oxidation sites excluding steroid dienone is 1. The molecule has 0 fully saturated rings. The van der Waals surface area contributed by atoms with Crippen LogP contribution < -0.4 is 5.73 Å². The number of aliphatic hydroxyl groups is 1. The van der Waals surface area contributed by atoms with Gasteiger partial charge in [0.1, 0.15) is 11.4 Å². The normalized spacial score (nSPS) is 11.9. The SMILES string of the molecule is C=C(O)c1c(/C=C\C)ccc(N=Nc2cccc(S(=O)(=O)c3ccccc3)c2)c1N. The third kappa shape index (κ3) is 4.31. The van der Waals surface area contributed by atoms with Crippen LogP contribution in [0.3, 0.4) is 0 Å². The van der Waals surface area contributed by atoms with Crippen LogP contribution in [0.1, 0.15) is 18.1 Å². The number of hydrogen-bond acceptors (Lipinski definition) is 6. The van der Waals surface area contributed by atoms with Crippen LogP contribution in [0.5, 0.6) is 0 Å². The van der Waals surface area contributed by atoms with Crippen LogP contribution in [0, 0.1) is 0 Å². The second kappa shape index (κ2) is 8.75. The van der Waals surface area contributed by atoms with Crippen molar-refractivity contribution in [3.05, 3.63) is 90.5 Å². The minimum Gasteiger partial charge on any atom is -0.508 e. The smallest absolute Gasteiger partial charge is 0.206 e. The Bertz CT molecular complexity index is 1250. The van der Waals surface area contributed by atoms with Gasteiger partial charge in [0.2, 0.25) is 9.84 Å². The minimum absolute atomic E-state index is 0.117. The van der Waals surface area contributed by atoms with Gasteiger partial charge >= 0.3 is 0 Å². The highest BCUT2D eigenvalue weighted by Gasteiger charge is 2.17. The Labute approximate surface area is 175 Å². The number of hydrogen-bond donors (Lipinski definition) is 2. The van der Waals surface area contributed by atoms with E-state index >= 15 is 0 Å². The van der Waals surface area contributed by atoms with E-state index in [1.165, 1.54) is 12.1 Å². The molecule has 0 saturated heterocycles. The molecule has 0 bridgehead atoms. The Morgan fingerprint density at radius 3 is 2.37 bits per heavy atom. The lowest BCUT2D eigenvalue weighted by Crippen LogP contribution is -2.01. The van der Waals surface area contributed by atoms with Crippen LogP contribution in [0.15, 0.2) is 99.4 Å². The molecule has 0 atom stereocenters. The van der Waals surface area contributed by atoms with Gasteiger partial charge in [-0.05, 0) is 48.9 Å². The number of sulfone groups is 1. The van der Waals surface area contributed by atoms with E-state index in [0.29, 0.717) is 22.5 Å². The highest BCUT2D eigenvalue weighted by molar-refractivity contribution is 7.91. The third-order valence-electron chi connectivity index (χ3n) is 4.34. The molecule has 0 saturated carbocycles. The van der Waals surface area contributed by atoms with Gasteiger partial charge in [0, 0.05) is 5.56 Å². The molecule has 0 unspecified atom stereocenters. The molecule has 0 amide bonds. The van der Waals surface area contributed by atoms with Crippen LogP contribution in [0.2, 0.25) is 0 Å². The highest BCUT2D eigenvalue weighted by Crippen LogP contribution is 2.34. The highest BCUT2D eigenvalue weighted by atomic mass is 32.2. The largest absolute Gasteiger partial charge is 0.508 e. The van der Waals surface area contributed by atoms with E-state index in [4.69, 9.17) is 5.73 Å². The van der Waals surface area contributed by atoms with Gasteiger partial charge in [-0.1, -0.05) is 49.1 Å². The van der Waals surface area contributed by atoms with Crippen molar-refractivity contribution in [1.82, 2.24) is 0 Å². The summed E-state index contributed by atoms with van der Waals surface area (Å²) in [6.45, 7) is 5.41. The van der Waals surface area contributed by atoms with Crippen LogP contribution >= 0.6 is 0 Å². The Kier molecular flexibility index (Phi) is 6.13. The summed E-state index contributed by atoms with van der Waals surface area (Å²) >= 11 is 0. The fraction of sp³-hybridized carbons (Fsp3) is 0.0435. The van der Waals surface area contributed by atoms with Crippen LogP contribution in [-0.4, -0.2) is 13.5 Å². The molecule has 0 aromatic heterocycles. The van der Waals surface area contributed by atoms with Crippen molar-refractivity contribution in [2.24, 2.45) is 10.2 Å². The second-order valence-electron chi connectivity index (χ2n) is 6.42. The third-order valence-corrected chi connectivity index (χ3v) is 6.11. The van der Waals surface area contributed by atoms with E-state index in [1.54, 1.807) is 60.7 Å². The molecule has 6 nitrogen and oxygen atoms in total. The van der Waals surface area contributed by atoms with Crippen molar-refractivity contribution in [3.63, 3.8) is 0 Å². The zero-order valence-corrected chi connectivity index (χ0v) is 17.2. The van der Waals surface area contributed by atoms with Crippen LogP contribution in [0.4, 0.5) is 17.1 Å². The van der Waals surface area contributed by atoms with E-state index in [9.17, 15) is 13.5 Å². The first-order valence-electron chi connectivity index (χ1n) is 9.10. The number of nitrogens with zero attached hydrogens (tertiary/aromatic N) is 2. The summed E-state index contributed by atoms with van der Waals surface area (Å²) < 4.78 is 25.6. The van der Waals surface area contributed by atoms with Gasteiger partial charge in [-0.2, -0.15) is 5.11 Å². The number of nitrogen functional groups attached to an aromatic ring is 1. The number of aliphatic hydroxyl groups excluding tert-OH is 1. The van der Waals surface area contributed by atoms with Crippen molar-refractivity contribution in [1.29, 1.82) is 0 Å². The fourth-order valence-corrected chi connectivity index (χ4v) is 4.23. The lowest BCUT2D eigenvalue weighted by atomic mass is 10.0. The van der Waals surface area contributed by atoms with Crippen molar-refractivity contribution in [2.75, 3.05) is 5.73 Å². The number of benzene rings is 3. The summed E-state index contributed by atoms with van der Waals surface area (Å²) in [4.78, 5) is 0.319. The number of anilines is 1. The Hall–Kier alpha value is -3.71. The van der Waals surface area contributed by atoms with Gasteiger partial charge in [-0.25, -0.2) is 8.42 Å². The molecule has 3 rings (SSSR count). The van der Waals surface area contributed by atoms with Crippen LogP contribution in [-0.2, 0) is 9.84 Å². The first-order chi connectivity index (χ1) is 14.3. The molecule has 152 valence electrons. The molecular formula is C23H21N3O3S. The van der Waals surface area contributed by atoms with Gasteiger partial charge in [0.05, 0.1) is 21.2 Å². The zero-order valence-electron chi connectivity index (χ0n) is 16.4. The average molecular weight is 420 g/mol. The van der Waals surface area contributed by atoms with E-state index < -0.39 is 9.84 Å². The van der Waals surface area contributed by atoms with Crippen LogP contribution in [0.25, 0.3) is 11.8 Å². The summed E-state index contributed by atoms with van der Waals surface area (Å²) in [5, 5.41) is 18.2. The predicted molar refractivity (Wildman–Crippen MR) is 120 cm³/mol. The zero-order chi connectivity index (χ0) is 21.7. The molecular weight excluding hydrogens is 398 g/mol. The van der Waals surface area contributed by atoms with E-state index in [0.717, 1.165) is 0 Å². The Morgan fingerprint density at radius 2 is 1.70 bits per heavy atom. The van der Waals surface area contributed by atoms with E-state index in [2.05, 4.69) is 16.8 Å². The Balaban J connectivity index is 1.98. The lowest BCUT2D eigenvalue weighted by molar-refractivity contribution is 0.514. The van der Waals surface area contributed by atoms with Crippen molar-refractivity contribution in [3.8, 4) is 0 Å². The summed E-state index contributed by atoms with van der Waals surface area (Å²) in [7, 11) is -3.66. The van der Waals surface area contributed by atoms with E-state index in [1.807, 2.05) is 13.0 Å². The molecule has 7 heteroatoms. The number of azo groups is 1. The summed E-state index contributed by atoms with van der Waals surface area (Å²) in [6, 6.07) is 17.8. The molecule has 30 heavy (non-hydrogen) atoms. The maximum absolute atomic E-state index is 12.8. The average Bonchev–Trinajstić information content (AvgIpc) is 2.74. The quantitative estimate of drug-likeness (QED) is 0.287. The first-order valence-corrected chi connectivity index (χ1v) is 10.6. The van der Waals surface area contributed by atoms with Crippen molar-refractivity contribution < 1.29 is 13.5 Å². The molecule has 3 N–H and O–H groups in total. The van der Waals surface area contributed by atoms with E-state index in [-0.39, 0.29) is 21.2 Å². The van der Waals surface area contributed by atoms with Gasteiger partial charge < -0.3 is 10.8 Å². The van der Waals surface area contributed by atoms with Gasteiger partial charge in [-0.3, -0.25) is 0 Å². The standard InChI is InChI=1S/C23H21N3O3S/c1-3-8-17-13-14-21(23(24)22(17)16(2)27)26-25-18-9-7-12-20(15-18)30(28,29)19-10-5-4-6-11-19/h3-15,27H,2,24H2,1H3/b8-3-,26-25?. The molecule has 3 aromatic rings. The Morgan fingerprint density at radius 1 is 1.00 bits per heavy atom. The topological polar surface area (TPSA) is 105 Å². The van der Waals surface area contributed by atoms with Gasteiger partial charge in [-0.15, -0.1) is 5.11 Å². The molecule has 0 heterocycles. The lowest BCUT2D eigenvalue weighted by Gasteiger charge is -2.10. The molecule has 0 aliphatic heterocycles. The van der Waals surface area contributed by atoms with Crippen molar-refractivity contribution >= 4 is 38.7 Å². The molecule has 0 radical (unpaired) electrons. The maximum atomic E-state index is 12.8. The first kappa shape index (κ1) is 21.0. The molecule has 0 spiro atoms. The summed E-state index contributed by atoms with van der Waals surface area (Å²) in [5.41, 5.74) is 8.16. The number of nitrogens with two attached hydrogens (primary N) is 1. The molecule has 0 aliphatic rings. The fourth-order valence-electron chi connectivity index (χ4n) is 2.91. The monoisotopic (exact) mass is 419 g/mol. The van der Waals surface area contributed by atoms with Gasteiger partial charge in [0.25, 0.3) is 0 Å². The van der Waals surface area contributed by atoms with Gasteiger partial charge in [0.15, 0.2) is 0 Å². The molecule has 3 aromatic carbocycles. The summed E-state index contributed by atoms with van der Waals surface area (Å²) in [5.74, 6) is -0.173. The van der Waals surface area contributed by atoms with Crippen molar-refractivity contribution in [2.45, 2.75) is 16.7 Å². The number of rotatable bonds is 6. The maximum Gasteiger partial charge on any atom is 0.206 e. The second-order valence-corrected chi connectivity index (χ2v) is 8.37. The minimum atomic E-state index is -3.66.